The second-order valence-electron chi connectivity index (χ2n) is 4.79. The summed E-state index contributed by atoms with van der Waals surface area (Å²) in [6.07, 6.45) is 0. The molecule has 178 valence electrons. The molecule has 1 aliphatic heterocycles. The Hall–Kier alpha value is 5.34. The van der Waals surface area contributed by atoms with Gasteiger partial charge in [-0.2, -0.15) is 75.8 Å². The zero-order valence-electron chi connectivity index (χ0n) is 15.7. The smallest absolute Gasteiger partial charge is 0.0733 e. The van der Waals surface area contributed by atoms with Crippen LogP contribution in [0.5, 0.6) is 0 Å². The van der Waals surface area contributed by atoms with Crippen LogP contribution >= 0.6 is 193 Å². The molecule has 0 bridgehead atoms. The molecule has 2 atom stereocenters. The van der Waals surface area contributed by atoms with Gasteiger partial charge in [-0.3, -0.25) is 0 Å². The first-order chi connectivity index (χ1) is 14.6. The van der Waals surface area contributed by atoms with Crippen molar-refractivity contribution in [1.82, 2.24) is 0 Å². The largest absolute Gasteiger partial charge is 0.168 e. The van der Waals surface area contributed by atoms with Crippen molar-refractivity contribution in [2.75, 3.05) is 41.3 Å². The SMILES string of the molecule is SCSC1=C(CSC(SC(SCS)C(SCS)SCS)C(SCS)SCS)SCS1. The van der Waals surface area contributed by atoms with Crippen molar-refractivity contribution in [3.05, 3.63) is 9.14 Å². The van der Waals surface area contributed by atoms with E-state index >= 15 is 0 Å². The molecule has 16 heteroatoms. The number of thiol groups is 6. The van der Waals surface area contributed by atoms with E-state index in [2.05, 4.69) is 99.3 Å². The highest BCUT2D eigenvalue weighted by Crippen LogP contribution is 2.52. The Labute approximate surface area is 258 Å². The Balaban J connectivity index is 2.97. The number of rotatable bonds is 19. The van der Waals surface area contributed by atoms with E-state index in [1.54, 1.807) is 0 Å². The average molecular weight is 707 g/mol. The Bertz CT molecular complexity index is 449. The van der Waals surface area contributed by atoms with E-state index in [0.29, 0.717) is 18.3 Å². The van der Waals surface area contributed by atoms with Gasteiger partial charge in [-0.05, 0) is 0 Å². The lowest BCUT2D eigenvalue weighted by Gasteiger charge is -2.31. The summed E-state index contributed by atoms with van der Waals surface area (Å²) in [7, 11) is 0. The second-order valence-corrected chi connectivity index (χ2v) is 22.2. The number of thioether (sulfide) groups is 10. The zero-order chi connectivity index (χ0) is 22.2. The maximum Gasteiger partial charge on any atom is 0.0733 e. The summed E-state index contributed by atoms with van der Waals surface area (Å²) in [5.74, 6) is 1.06. The number of hydrogen-bond donors (Lipinski definition) is 6. The molecule has 0 spiro atoms. The van der Waals surface area contributed by atoms with Gasteiger partial charge in [0.1, 0.15) is 0 Å². The summed E-state index contributed by atoms with van der Waals surface area (Å²) in [6.45, 7) is 0. The van der Waals surface area contributed by atoms with E-state index in [0.717, 1.165) is 41.3 Å². The number of hydrogen-bond acceptors (Lipinski definition) is 16. The Morgan fingerprint density at radius 1 is 0.600 bits per heavy atom. The minimum absolute atomic E-state index is 0.434. The van der Waals surface area contributed by atoms with Crippen molar-refractivity contribution < 1.29 is 0 Å². The highest BCUT2D eigenvalue weighted by Gasteiger charge is 2.32. The van der Waals surface area contributed by atoms with Gasteiger partial charge in [0.05, 0.1) is 22.6 Å². The van der Waals surface area contributed by atoms with Crippen molar-refractivity contribution in [3.63, 3.8) is 0 Å². The summed E-state index contributed by atoms with van der Waals surface area (Å²) in [4.78, 5) is 1.52. The van der Waals surface area contributed by atoms with Gasteiger partial charge in [0, 0.05) is 46.3 Å². The van der Waals surface area contributed by atoms with Crippen molar-refractivity contribution in [3.8, 4) is 0 Å². The van der Waals surface area contributed by atoms with Gasteiger partial charge in [-0.1, -0.05) is 0 Å². The summed E-state index contributed by atoms with van der Waals surface area (Å²) in [6, 6.07) is 0. The topological polar surface area (TPSA) is 0 Å². The van der Waals surface area contributed by atoms with E-state index < -0.39 is 0 Å². The highest BCUT2D eigenvalue weighted by atomic mass is 32.3. The molecule has 0 N–H and O–H groups in total. The van der Waals surface area contributed by atoms with Gasteiger partial charge in [0.25, 0.3) is 0 Å². The van der Waals surface area contributed by atoms with Crippen molar-refractivity contribution >= 4 is 193 Å². The average Bonchev–Trinajstić information content (AvgIpc) is 3.17. The third-order valence-electron chi connectivity index (χ3n) is 3.13. The quantitative estimate of drug-likeness (QED) is 0.0566. The summed E-state index contributed by atoms with van der Waals surface area (Å²) in [5, 5.41) is 6.06. The van der Waals surface area contributed by atoms with Crippen LogP contribution in [0.3, 0.4) is 0 Å². The molecule has 0 saturated heterocycles. The molecule has 1 heterocycles. The van der Waals surface area contributed by atoms with E-state index in [1.807, 2.05) is 94.1 Å². The summed E-state index contributed by atoms with van der Waals surface area (Å²) < 4.78 is 3.23. The first kappa shape index (κ1) is 33.4. The van der Waals surface area contributed by atoms with Crippen LogP contribution in [0, 0.1) is 0 Å². The first-order valence-electron chi connectivity index (χ1n) is 8.26. The predicted octanol–water partition coefficient (Wildman–Crippen LogP) is 9.09. The molecule has 1 aliphatic rings. The molecule has 0 aromatic rings. The highest BCUT2D eigenvalue weighted by molar-refractivity contribution is 8.34. The van der Waals surface area contributed by atoms with Crippen LogP contribution in [-0.2, 0) is 0 Å². The van der Waals surface area contributed by atoms with E-state index in [-0.39, 0.29) is 0 Å². The molecule has 0 saturated carbocycles. The van der Waals surface area contributed by atoms with Gasteiger partial charge in [0.15, 0.2) is 0 Å². The third-order valence-corrected chi connectivity index (χ3v) is 20.1. The molecule has 1 rings (SSSR count). The van der Waals surface area contributed by atoms with Crippen LogP contribution < -0.4 is 0 Å². The van der Waals surface area contributed by atoms with Crippen LogP contribution in [-0.4, -0.2) is 59.7 Å². The normalized spacial score (nSPS) is 16.8. The van der Waals surface area contributed by atoms with Gasteiger partial charge in [-0.25, -0.2) is 0 Å². The Kier molecular flexibility index (Phi) is 24.8. The predicted molar refractivity (Wildman–Crippen MR) is 191 cm³/mol. The van der Waals surface area contributed by atoms with Crippen LogP contribution in [0.1, 0.15) is 0 Å². The monoisotopic (exact) mass is 706 g/mol. The molecular weight excluding hydrogens is 681 g/mol. The minimum Gasteiger partial charge on any atom is -0.168 e. The minimum atomic E-state index is 0.434. The molecule has 0 amide bonds. The first-order valence-corrected chi connectivity index (χ1v) is 22.3. The van der Waals surface area contributed by atoms with Crippen LogP contribution in [0.25, 0.3) is 0 Å². The molecule has 2 unspecified atom stereocenters. The lowest BCUT2D eigenvalue weighted by molar-refractivity contribution is 1.30. The standard InChI is InChI=1S/C14H26S16/c15-2-22-10-9(28-8-29-10)1-21-13(11(23-3-16)24-4-17)30-14(27-7-20)12(25-5-18)26-6-19/h11-20H,1-8H2. The van der Waals surface area contributed by atoms with E-state index in [1.165, 1.54) is 9.14 Å². The fourth-order valence-corrected chi connectivity index (χ4v) is 20.7. The van der Waals surface area contributed by atoms with Gasteiger partial charge < -0.3 is 0 Å². The lowest BCUT2D eigenvalue weighted by Crippen LogP contribution is -2.22. The molecule has 0 aliphatic carbocycles. The maximum absolute atomic E-state index is 4.53. The third kappa shape index (κ3) is 13.8. The van der Waals surface area contributed by atoms with Gasteiger partial charge in [-0.15, -0.1) is 118 Å². The Morgan fingerprint density at radius 3 is 1.53 bits per heavy atom. The second kappa shape index (κ2) is 22.3. The molecule has 0 aromatic carbocycles. The van der Waals surface area contributed by atoms with Crippen LogP contribution in [0.4, 0.5) is 0 Å². The Morgan fingerprint density at radius 2 is 1.07 bits per heavy atom. The van der Waals surface area contributed by atoms with Crippen molar-refractivity contribution in [1.29, 1.82) is 0 Å². The maximum atomic E-state index is 4.53. The molecule has 0 nitrogen and oxygen atoms in total. The zero-order valence-corrected chi connectivity index (χ0v) is 29.3. The van der Waals surface area contributed by atoms with Gasteiger partial charge >= 0.3 is 0 Å². The lowest BCUT2D eigenvalue weighted by atomic mass is 10.7. The summed E-state index contributed by atoms with van der Waals surface area (Å²) in [5.41, 5.74) is 0. The fourth-order valence-electron chi connectivity index (χ4n) is 2.01. The molecule has 0 radical (unpaired) electrons. The van der Waals surface area contributed by atoms with E-state index in [4.69, 9.17) is 0 Å². The van der Waals surface area contributed by atoms with Crippen LogP contribution in [0.15, 0.2) is 9.14 Å². The molecule has 0 fully saturated rings. The van der Waals surface area contributed by atoms with Gasteiger partial charge in [0.2, 0.25) is 0 Å². The molecule has 30 heavy (non-hydrogen) atoms. The summed E-state index contributed by atoms with van der Waals surface area (Å²) >= 11 is 46.5. The van der Waals surface area contributed by atoms with E-state index in [9.17, 15) is 0 Å². The van der Waals surface area contributed by atoms with Crippen LogP contribution in [0.2, 0.25) is 0 Å². The molecule has 0 aromatic heterocycles. The van der Waals surface area contributed by atoms with Crippen molar-refractivity contribution in [2.24, 2.45) is 0 Å². The van der Waals surface area contributed by atoms with Crippen molar-refractivity contribution in [2.45, 2.75) is 18.3 Å². The molecular formula is C14H26S16. The fraction of sp³-hybridized carbons (Fsp3) is 0.857.